The molecule has 2 atom stereocenters. The van der Waals surface area contributed by atoms with E-state index in [1.807, 2.05) is 12.1 Å². The third-order valence-corrected chi connectivity index (χ3v) is 8.93. The molecule has 0 heterocycles. The van der Waals surface area contributed by atoms with E-state index in [0.717, 1.165) is 17.2 Å². The van der Waals surface area contributed by atoms with Gasteiger partial charge < -0.3 is 34.7 Å². The molecule has 4 aromatic rings. The summed E-state index contributed by atoms with van der Waals surface area (Å²) < 4.78 is 22.0. The van der Waals surface area contributed by atoms with Gasteiger partial charge in [-0.25, -0.2) is 9.59 Å². The van der Waals surface area contributed by atoms with Crippen LogP contribution in [-0.4, -0.2) is 70.6 Å². The second kappa shape index (κ2) is 23.0. The molecule has 59 heavy (non-hydrogen) atoms. The second-order valence-corrected chi connectivity index (χ2v) is 14.6. The fraction of sp³-hybridized carbons (Fsp3) is 0.186. The van der Waals surface area contributed by atoms with Crippen LogP contribution in [0.1, 0.15) is 22.3 Å². The van der Waals surface area contributed by atoms with Crippen LogP contribution in [0.25, 0.3) is 12.2 Å². The van der Waals surface area contributed by atoms with E-state index in [9.17, 15) is 29.1 Å². The summed E-state index contributed by atoms with van der Waals surface area (Å²) in [6.07, 6.45) is 6.67. The summed E-state index contributed by atoms with van der Waals surface area (Å²) in [5.74, 6) is -3.56. The van der Waals surface area contributed by atoms with Crippen LogP contribution in [0.5, 0.6) is 23.0 Å². The molecule has 0 fully saturated rings. The molecule has 1 unspecified atom stereocenters. The zero-order valence-electron chi connectivity index (χ0n) is 31.5. The number of methoxy groups -OCH3 is 2. The smallest absolute Gasteiger partial charge is 0.334 e. The Morgan fingerprint density at radius 1 is 0.593 bits per heavy atom. The number of hydrogen-bond acceptors (Lipinski definition) is 10. The van der Waals surface area contributed by atoms with Gasteiger partial charge in [0.25, 0.3) is 11.8 Å². The third kappa shape index (κ3) is 14.8. The van der Waals surface area contributed by atoms with Crippen molar-refractivity contribution in [1.29, 1.82) is 0 Å². The number of rotatable bonds is 19. The van der Waals surface area contributed by atoms with Crippen molar-refractivity contribution >= 4 is 88.1 Å². The average Bonchev–Trinajstić information content (AvgIpc) is 3.22. The van der Waals surface area contributed by atoms with Gasteiger partial charge in [-0.3, -0.25) is 14.4 Å². The van der Waals surface area contributed by atoms with Crippen molar-refractivity contribution < 1.29 is 48.0 Å². The first-order chi connectivity index (χ1) is 28.3. The molecule has 12 nitrogen and oxygen atoms in total. The van der Waals surface area contributed by atoms with E-state index < -0.39 is 51.3 Å². The van der Waals surface area contributed by atoms with Crippen molar-refractivity contribution in [2.45, 2.75) is 34.6 Å². The number of allylic oxidation sites excluding steroid dienone is 3. The first-order valence-corrected chi connectivity index (χ1v) is 19.4. The van der Waals surface area contributed by atoms with Crippen LogP contribution < -0.4 is 29.6 Å². The molecule has 0 saturated heterocycles. The predicted molar refractivity (Wildman–Crippen MR) is 226 cm³/mol. The van der Waals surface area contributed by atoms with Gasteiger partial charge in [0.2, 0.25) is 0 Å². The molecular weight excluding hydrogens is 846 g/mol. The Hall–Kier alpha value is -5.79. The Bertz CT molecular complexity index is 2200. The van der Waals surface area contributed by atoms with Crippen molar-refractivity contribution in [3.8, 4) is 23.0 Å². The van der Waals surface area contributed by atoms with Gasteiger partial charge >= 0.3 is 11.9 Å². The summed E-state index contributed by atoms with van der Waals surface area (Å²) in [6, 6.07) is 24.8. The number of carbonyl (C=O) groups excluding carboxylic acids is 5. The van der Waals surface area contributed by atoms with E-state index in [1.54, 1.807) is 60.7 Å². The number of esters is 2. The van der Waals surface area contributed by atoms with Gasteiger partial charge in [-0.05, 0) is 58.7 Å². The van der Waals surface area contributed by atoms with Crippen molar-refractivity contribution in [2.24, 2.45) is 0 Å². The molecule has 0 saturated carbocycles. The van der Waals surface area contributed by atoms with Crippen LogP contribution in [0.2, 0.25) is 0 Å². The first kappa shape index (κ1) is 45.9. The number of ketones is 1. The lowest BCUT2D eigenvalue weighted by molar-refractivity contribution is -0.139. The molecule has 0 aliphatic heterocycles. The number of hydrogen-bond donors (Lipinski definition) is 3. The highest BCUT2D eigenvalue weighted by Crippen LogP contribution is 2.31. The van der Waals surface area contributed by atoms with Crippen molar-refractivity contribution in [3.63, 3.8) is 0 Å². The van der Waals surface area contributed by atoms with Gasteiger partial charge in [0.15, 0.2) is 38.5 Å². The molecule has 16 heteroatoms. The molecule has 0 aliphatic carbocycles. The fourth-order valence-corrected chi connectivity index (χ4v) is 5.51. The fourth-order valence-electron chi connectivity index (χ4n) is 5.26. The largest absolute Gasteiger partial charge is 0.508 e. The maximum Gasteiger partial charge on any atom is 0.334 e. The summed E-state index contributed by atoms with van der Waals surface area (Å²) >= 11 is 22.8. The lowest BCUT2D eigenvalue weighted by Crippen LogP contribution is -2.46. The van der Waals surface area contributed by atoms with E-state index >= 15 is 0 Å². The number of halogens is 4. The summed E-state index contributed by atoms with van der Waals surface area (Å²) in [5.41, 5.74) is 2.54. The Morgan fingerprint density at radius 2 is 1.00 bits per heavy atom. The number of carbonyl (C=O) groups is 5. The molecule has 0 bridgehead atoms. The molecule has 3 N–H and O–H groups in total. The minimum atomic E-state index is -1.40. The summed E-state index contributed by atoms with van der Waals surface area (Å²) in [4.78, 5) is 60.7. The number of amides is 2. The van der Waals surface area contributed by atoms with E-state index in [1.165, 1.54) is 62.8 Å². The van der Waals surface area contributed by atoms with Crippen molar-refractivity contribution in [3.05, 3.63) is 143 Å². The second-order valence-electron chi connectivity index (χ2n) is 12.4. The maximum atomic E-state index is 13.2. The van der Waals surface area contributed by atoms with Crippen molar-refractivity contribution in [1.82, 2.24) is 10.6 Å². The Labute approximate surface area is 360 Å². The summed E-state index contributed by atoms with van der Waals surface area (Å²) in [6.45, 7) is 0. The van der Waals surface area contributed by atoms with Gasteiger partial charge in [0.05, 0.1) is 14.2 Å². The van der Waals surface area contributed by atoms with Crippen LogP contribution in [0.4, 0.5) is 0 Å². The highest BCUT2D eigenvalue weighted by molar-refractivity contribution is 6.54. The van der Waals surface area contributed by atoms with E-state index in [0.29, 0.717) is 11.1 Å². The number of benzene rings is 4. The van der Waals surface area contributed by atoms with Gasteiger partial charge in [0.1, 0.15) is 17.8 Å². The molecule has 0 spiro atoms. The van der Waals surface area contributed by atoms with Gasteiger partial charge in [-0.15, -0.1) is 0 Å². The predicted octanol–water partition coefficient (Wildman–Crippen LogP) is 7.31. The van der Waals surface area contributed by atoms with Crippen LogP contribution in [0, 0.1) is 0 Å². The van der Waals surface area contributed by atoms with Crippen LogP contribution in [0.3, 0.4) is 0 Å². The molecule has 0 radical (unpaired) electrons. The Kier molecular flexibility index (Phi) is 17.9. The molecule has 0 aromatic heterocycles. The Morgan fingerprint density at radius 3 is 1.39 bits per heavy atom. The van der Waals surface area contributed by atoms with E-state index in [-0.39, 0.29) is 41.6 Å². The third-order valence-electron chi connectivity index (χ3n) is 8.14. The number of alkyl halides is 4. The Balaban J connectivity index is 1.39. The summed E-state index contributed by atoms with van der Waals surface area (Å²) in [5, 5.41) is 15.4. The van der Waals surface area contributed by atoms with Crippen LogP contribution in [0.15, 0.2) is 121 Å². The van der Waals surface area contributed by atoms with E-state index in [2.05, 4.69) is 10.6 Å². The molecule has 0 aliphatic rings. The average molecular weight is 885 g/mol. The maximum absolute atomic E-state index is 13.2. The molecule has 2 amide bonds. The number of nitrogens with one attached hydrogen (secondary N) is 2. The quantitative estimate of drug-likeness (QED) is 0.0217. The zero-order chi connectivity index (χ0) is 42.9. The standard InChI is InChI=1S/C43H38Cl4N2O10/c1-56-36-23-28(15-19-34(36)58-42(54)32(48-40(52)38(44)45)21-26-9-5-3-6-10-26)13-17-30(50)25-31(51)18-14-29-16-20-35(37(24-29)57-2)59-43(55)33(49-41(53)39(46)47)22-27-11-7-4-8-12-27/h3-20,23-25,32-33,38-39,50H,21-22H2,1-2H3,(H,48,52)(H,49,53)/b17-13+,18-14+,30-25-/t32-,33?/m0/s1. The number of ether oxygens (including phenoxy) is 4. The molecule has 4 rings (SSSR count). The highest BCUT2D eigenvalue weighted by Gasteiger charge is 2.28. The minimum Gasteiger partial charge on any atom is -0.508 e. The summed E-state index contributed by atoms with van der Waals surface area (Å²) in [7, 11) is 2.74. The minimum absolute atomic E-state index is 0.0556. The molecule has 308 valence electrons. The molecule has 4 aromatic carbocycles. The number of aliphatic hydroxyl groups is 1. The van der Waals surface area contributed by atoms with Gasteiger partial charge in [0, 0.05) is 18.9 Å². The first-order valence-electron chi connectivity index (χ1n) is 17.6. The van der Waals surface area contributed by atoms with E-state index in [4.69, 9.17) is 65.4 Å². The van der Waals surface area contributed by atoms with Crippen LogP contribution >= 0.6 is 46.4 Å². The normalized spacial score (nSPS) is 12.6. The number of aliphatic hydroxyl groups excluding tert-OH is 1. The SMILES string of the molecule is COc1cc(/C=C/C(=O)/C=C(O)/C=C/c2ccc(OC(=O)[C@H](Cc3ccccc3)NC(=O)C(Cl)Cl)c(OC)c2)ccc1OC(=O)C(Cc1ccccc1)NC(=O)C(Cl)Cl. The lowest BCUT2D eigenvalue weighted by atomic mass is 10.1. The molecular formula is C43H38Cl4N2O10. The van der Waals surface area contributed by atoms with Gasteiger partial charge in [-0.1, -0.05) is 131 Å². The highest BCUT2D eigenvalue weighted by atomic mass is 35.5. The monoisotopic (exact) mass is 882 g/mol. The van der Waals surface area contributed by atoms with Gasteiger partial charge in [-0.2, -0.15) is 0 Å². The zero-order valence-corrected chi connectivity index (χ0v) is 34.5. The van der Waals surface area contributed by atoms with Crippen LogP contribution in [-0.2, 0) is 36.8 Å². The topological polar surface area (TPSA) is 167 Å². The van der Waals surface area contributed by atoms with Crippen molar-refractivity contribution in [2.75, 3.05) is 14.2 Å². The lowest BCUT2D eigenvalue weighted by Gasteiger charge is -2.19.